The summed E-state index contributed by atoms with van der Waals surface area (Å²) < 4.78 is 17.5. The third-order valence-corrected chi connectivity index (χ3v) is 12.7. The second-order valence-corrected chi connectivity index (χ2v) is 19.3. The summed E-state index contributed by atoms with van der Waals surface area (Å²) in [5.41, 5.74) is 0. The van der Waals surface area contributed by atoms with Gasteiger partial charge >= 0.3 is 5.97 Å². The molecular formula is C63H103NO10. The zero-order valence-corrected chi connectivity index (χ0v) is 46.2. The highest BCUT2D eigenvalue weighted by molar-refractivity contribution is 5.80. The molecule has 74 heavy (non-hydrogen) atoms. The van der Waals surface area contributed by atoms with Gasteiger partial charge in [-0.2, -0.15) is 0 Å². The zero-order chi connectivity index (χ0) is 54.0. The summed E-state index contributed by atoms with van der Waals surface area (Å²) in [7, 11) is 0. The number of nitrogens with one attached hydrogen (secondary N) is 1. The van der Waals surface area contributed by atoms with Gasteiger partial charge in [-0.15, -0.1) is 0 Å². The monoisotopic (exact) mass is 1030 g/mol. The van der Waals surface area contributed by atoms with Crippen LogP contribution in [0, 0.1) is 0 Å². The number of esters is 1. The molecule has 1 rings (SSSR count). The Morgan fingerprint density at radius 3 is 1.62 bits per heavy atom. The second kappa shape index (κ2) is 49.9. The van der Waals surface area contributed by atoms with E-state index in [1.807, 2.05) is 42.5 Å². The van der Waals surface area contributed by atoms with E-state index in [0.29, 0.717) is 12.8 Å². The highest BCUT2D eigenvalue weighted by Gasteiger charge is 2.47. The standard InChI is InChI=1S/C63H103NO10/c1-4-7-10-13-16-19-22-25-27-28-29-30-31-33-36-39-42-45-48-51-58(68)74-61-60(70)59(69)57(52-65)73-63(61)72-53-54(55(66)49-46-43-40-37-34-24-21-18-15-12-9-6-3)64-62(71)56(67)50-47-44-41-38-35-32-26-23-20-17-14-11-8-5-2/h7-8,10-11,14,16-17,19-20,23,25-27,29-30,32-33,36,46,49,54-57,59-61,63,65-67,69-70H,4-6,9,12-13,15,18,21-22,24,28,31,34-35,37-45,47-48,50-53H2,1-3H3,(H,64,71)/b10-7-,11-8+,17-14+,19-16-,23-20+,27-25-,30-29-,32-26-,36-33-,49-46+. The topological polar surface area (TPSA) is 175 Å². The Morgan fingerprint density at radius 1 is 0.554 bits per heavy atom. The van der Waals surface area contributed by atoms with Gasteiger partial charge in [0.15, 0.2) is 12.4 Å². The van der Waals surface area contributed by atoms with Gasteiger partial charge in [0.2, 0.25) is 5.91 Å². The molecule has 0 saturated carbocycles. The van der Waals surface area contributed by atoms with Gasteiger partial charge in [-0.1, -0.05) is 226 Å². The Hall–Kier alpha value is -3.94. The fraction of sp³-hybridized carbons (Fsp3) is 0.651. The molecule has 0 spiro atoms. The first-order chi connectivity index (χ1) is 36.2. The minimum Gasteiger partial charge on any atom is -0.454 e. The minimum absolute atomic E-state index is 0.0739. The largest absolute Gasteiger partial charge is 0.454 e. The van der Waals surface area contributed by atoms with Gasteiger partial charge in [-0.3, -0.25) is 9.59 Å². The third-order valence-electron chi connectivity index (χ3n) is 12.7. The van der Waals surface area contributed by atoms with E-state index >= 15 is 0 Å². The van der Waals surface area contributed by atoms with E-state index in [4.69, 9.17) is 14.2 Å². The van der Waals surface area contributed by atoms with Crippen molar-refractivity contribution in [3.05, 3.63) is 122 Å². The maximum atomic E-state index is 13.4. The molecule has 11 heteroatoms. The SMILES string of the molecule is CC/C=C\C/C=C\C/C=C\C/C=C\C/C=C\CCCCCC(=O)OC1C(OCC(NC(=O)C(O)CCCCCC\C=C/C=C/C=C/C=C/CC)C(O)/C=C/CCCCCCCCCCCC)OC(CO)C(O)C1O. The van der Waals surface area contributed by atoms with Crippen molar-refractivity contribution in [3.8, 4) is 0 Å². The molecular weight excluding hydrogens is 931 g/mol. The summed E-state index contributed by atoms with van der Waals surface area (Å²) in [6, 6.07) is -1.05. The first-order valence-electron chi connectivity index (χ1n) is 28.9. The molecule has 0 radical (unpaired) electrons. The number of hydrogen-bond acceptors (Lipinski definition) is 10. The van der Waals surface area contributed by atoms with E-state index in [9.17, 15) is 35.1 Å². The number of unbranched alkanes of at least 4 members (excludes halogenated alkanes) is 17. The fourth-order valence-electron chi connectivity index (χ4n) is 8.16. The first kappa shape index (κ1) is 68.1. The van der Waals surface area contributed by atoms with E-state index < -0.39 is 67.4 Å². The van der Waals surface area contributed by atoms with Gasteiger partial charge in [0.1, 0.15) is 24.4 Å². The maximum absolute atomic E-state index is 13.4. The molecule has 1 amide bonds. The van der Waals surface area contributed by atoms with Gasteiger partial charge < -0.3 is 45.1 Å². The number of rotatable bonds is 46. The summed E-state index contributed by atoms with van der Waals surface area (Å²) in [6.07, 6.45) is 58.1. The molecule has 0 aromatic rings. The molecule has 6 N–H and O–H groups in total. The molecule has 1 fully saturated rings. The van der Waals surface area contributed by atoms with Crippen molar-refractivity contribution < 1.29 is 49.3 Å². The van der Waals surface area contributed by atoms with Crippen LogP contribution in [0.3, 0.4) is 0 Å². The Kier molecular flexibility index (Phi) is 45.9. The molecule has 0 aromatic carbocycles. The highest BCUT2D eigenvalue weighted by atomic mass is 16.7. The smallest absolute Gasteiger partial charge is 0.306 e. The third kappa shape index (κ3) is 37.7. The van der Waals surface area contributed by atoms with E-state index in [2.05, 4.69) is 99.0 Å². The summed E-state index contributed by atoms with van der Waals surface area (Å²) >= 11 is 0. The van der Waals surface area contributed by atoms with Gasteiger partial charge in [-0.05, 0) is 89.9 Å². The number of hydrogen-bond donors (Lipinski definition) is 6. The lowest BCUT2D eigenvalue weighted by atomic mass is 9.99. The molecule has 8 unspecified atom stereocenters. The van der Waals surface area contributed by atoms with Crippen LogP contribution in [0.25, 0.3) is 0 Å². The average molecular weight is 1030 g/mol. The van der Waals surface area contributed by atoms with Gasteiger partial charge in [-0.25, -0.2) is 0 Å². The molecule has 0 aliphatic carbocycles. The Morgan fingerprint density at radius 2 is 1.04 bits per heavy atom. The summed E-state index contributed by atoms with van der Waals surface area (Å²) in [5, 5.41) is 56.8. The molecule has 0 bridgehead atoms. The molecule has 8 atom stereocenters. The van der Waals surface area contributed by atoms with Crippen LogP contribution in [0.5, 0.6) is 0 Å². The molecule has 0 aromatic heterocycles. The first-order valence-corrected chi connectivity index (χ1v) is 28.9. The van der Waals surface area contributed by atoms with Crippen molar-refractivity contribution in [2.24, 2.45) is 0 Å². The number of aliphatic hydroxyl groups excluding tert-OH is 5. The van der Waals surface area contributed by atoms with Crippen LogP contribution < -0.4 is 5.32 Å². The highest BCUT2D eigenvalue weighted by Crippen LogP contribution is 2.26. The van der Waals surface area contributed by atoms with Crippen LogP contribution >= 0.6 is 0 Å². The van der Waals surface area contributed by atoms with Crippen molar-refractivity contribution >= 4 is 11.9 Å². The zero-order valence-electron chi connectivity index (χ0n) is 46.2. The van der Waals surface area contributed by atoms with Crippen molar-refractivity contribution in [1.82, 2.24) is 5.32 Å². The Bertz CT molecular complexity index is 1660. The average Bonchev–Trinajstić information content (AvgIpc) is 3.40. The van der Waals surface area contributed by atoms with E-state index in [0.717, 1.165) is 109 Å². The summed E-state index contributed by atoms with van der Waals surface area (Å²) in [5.74, 6) is -1.27. The summed E-state index contributed by atoms with van der Waals surface area (Å²) in [6.45, 7) is 5.47. The Balaban J connectivity index is 2.77. The molecule has 1 aliphatic rings. The number of ether oxygens (including phenoxy) is 3. The van der Waals surface area contributed by atoms with E-state index in [1.165, 1.54) is 44.9 Å². The predicted octanol–water partition coefficient (Wildman–Crippen LogP) is 13.1. The number of allylic oxidation sites excluding steroid dienone is 19. The van der Waals surface area contributed by atoms with Gasteiger partial charge in [0.05, 0.1) is 25.4 Å². The summed E-state index contributed by atoms with van der Waals surface area (Å²) in [4.78, 5) is 26.5. The van der Waals surface area contributed by atoms with Gasteiger partial charge in [0.25, 0.3) is 0 Å². The van der Waals surface area contributed by atoms with Crippen LogP contribution in [-0.2, 0) is 23.8 Å². The maximum Gasteiger partial charge on any atom is 0.306 e. The van der Waals surface area contributed by atoms with E-state index in [-0.39, 0.29) is 19.4 Å². The molecule has 11 nitrogen and oxygen atoms in total. The fourth-order valence-corrected chi connectivity index (χ4v) is 8.16. The lowest BCUT2D eigenvalue weighted by Gasteiger charge is -2.41. The quantitative estimate of drug-likeness (QED) is 0.0149. The minimum atomic E-state index is -1.64. The number of carbonyl (C=O) groups is 2. The molecule has 1 aliphatic heterocycles. The number of carbonyl (C=O) groups excluding carboxylic acids is 2. The van der Waals surface area contributed by atoms with Crippen molar-refractivity contribution in [2.45, 2.75) is 250 Å². The molecule has 420 valence electrons. The van der Waals surface area contributed by atoms with Gasteiger partial charge in [0, 0.05) is 6.42 Å². The van der Waals surface area contributed by atoms with Crippen LogP contribution in [0.1, 0.15) is 201 Å². The lowest BCUT2D eigenvalue weighted by molar-refractivity contribution is -0.305. The lowest BCUT2D eigenvalue weighted by Crippen LogP contribution is -2.61. The van der Waals surface area contributed by atoms with Crippen LogP contribution in [0.2, 0.25) is 0 Å². The van der Waals surface area contributed by atoms with Crippen molar-refractivity contribution in [1.29, 1.82) is 0 Å². The van der Waals surface area contributed by atoms with Crippen LogP contribution in [0.15, 0.2) is 122 Å². The van der Waals surface area contributed by atoms with Crippen LogP contribution in [0.4, 0.5) is 0 Å². The number of aliphatic hydroxyl groups is 5. The second-order valence-electron chi connectivity index (χ2n) is 19.3. The normalized spacial score (nSPS) is 20.2. The van der Waals surface area contributed by atoms with Crippen molar-refractivity contribution in [2.75, 3.05) is 13.2 Å². The van der Waals surface area contributed by atoms with E-state index in [1.54, 1.807) is 6.08 Å². The van der Waals surface area contributed by atoms with Crippen molar-refractivity contribution in [3.63, 3.8) is 0 Å². The predicted molar refractivity (Wildman–Crippen MR) is 305 cm³/mol. The molecule has 1 saturated heterocycles. The van der Waals surface area contributed by atoms with Crippen LogP contribution in [-0.4, -0.2) is 99.6 Å². The molecule has 1 heterocycles. The number of amides is 1. The Labute approximate surface area is 449 Å².